The molecule has 2 aromatic rings. The Bertz CT molecular complexity index is 809. The summed E-state index contributed by atoms with van der Waals surface area (Å²) >= 11 is 1.61. The molecule has 1 saturated heterocycles. The average Bonchev–Trinajstić information content (AvgIpc) is 2.90. The van der Waals surface area contributed by atoms with Crippen molar-refractivity contribution in [2.24, 2.45) is 0 Å². The summed E-state index contributed by atoms with van der Waals surface area (Å²) in [4.78, 5) is 38.7. The Balaban J connectivity index is 1.59. The van der Waals surface area contributed by atoms with Crippen molar-refractivity contribution in [3.8, 4) is 0 Å². The van der Waals surface area contributed by atoms with E-state index >= 15 is 0 Å². The molecule has 0 aliphatic carbocycles. The maximum Gasteiger partial charge on any atom is 0.325 e. The third kappa shape index (κ3) is 4.23. The zero-order valence-electron chi connectivity index (χ0n) is 14.3. The first-order valence-electron chi connectivity index (χ1n) is 8.16. The van der Waals surface area contributed by atoms with E-state index in [0.717, 1.165) is 15.4 Å². The number of rotatable bonds is 6. The Morgan fingerprint density at radius 1 is 1.12 bits per heavy atom. The molecule has 7 heteroatoms. The van der Waals surface area contributed by atoms with Crippen LogP contribution in [0.3, 0.4) is 0 Å². The second kappa shape index (κ2) is 8.05. The van der Waals surface area contributed by atoms with Crippen molar-refractivity contribution >= 4 is 35.3 Å². The van der Waals surface area contributed by atoms with E-state index in [1.165, 1.54) is 0 Å². The van der Waals surface area contributed by atoms with Crippen LogP contribution in [0.5, 0.6) is 0 Å². The van der Waals surface area contributed by atoms with Crippen LogP contribution in [0.15, 0.2) is 59.5 Å². The molecular weight excluding hydrogens is 350 g/mol. The van der Waals surface area contributed by atoms with Gasteiger partial charge in [-0.2, -0.15) is 0 Å². The minimum absolute atomic E-state index is 0.305. The van der Waals surface area contributed by atoms with Crippen molar-refractivity contribution in [3.05, 3.63) is 60.2 Å². The van der Waals surface area contributed by atoms with Gasteiger partial charge in [-0.05, 0) is 36.1 Å². The van der Waals surface area contributed by atoms with E-state index < -0.39 is 18.0 Å². The summed E-state index contributed by atoms with van der Waals surface area (Å²) in [7, 11) is 0. The minimum Gasteiger partial charge on any atom is -0.325 e. The molecule has 2 aromatic carbocycles. The van der Waals surface area contributed by atoms with Crippen LogP contribution in [0.25, 0.3) is 0 Å². The standard InChI is InChI=1S/C19H19N3O3S/c1-26-15-9-7-14(8-10-15)20-17(23)12-22-18(24)16(21-19(22)25)11-13-5-3-2-4-6-13/h2-10,16H,11-12H2,1H3,(H,20,23)(H,21,25). The van der Waals surface area contributed by atoms with Crippen LogP contribution in [-0.2, 0) is 16.0 Å². The van der Waals surface area contributed by atoms with Gasteiger partial charge in [-0.15, -0.1) is 11.8 Å². The molecule has 1 fully saturated rings. The second-order valence-electron chi connectivity index (χ2n) is 5.89. The molecule has 0 bridgehead atoms. The Labute approximate surface area is 156 Å². The number of hydrogen-bond acceptors (Lipinski definition) is 4. The molecule has 0 saturated carbocycles. The van der Waals surface area contributed by atoms with Crippen LogP contribution < -0.4 is 10.6 Å². The predicted molar refractivity (Wildman–Crippen MR) is 101 cm³/mol. The lowest BCUT2D eigenvalue weighted by molar-refractivity contribution is -0.130. The van der Waals surface area contributed by atoms with Gasteiger partial charge in [-0.25, -0.2) is 4.79 Å². The van der Waals surface area contributed by atoms with E-state index in [0.29, 0.717) is 12.1 Å². The summed E-state index contributed by atoms with van der Waals surface area (Å²) in [6.07, 6.45) is 2.37. The Kier molecular flexibility index (Phi) is 5.58. The highest BCUT2D eigenvalue weighted by Crippen LogP contribution is 2.18. The monoisotopic (exact) mass is 369 g/mol. The highest BCUT2D eigenvalue weighted by atomic mass is 32.2. The molecular formula is C19H19N3O3S. The molecule has 1 heterocycles. The minimum atomic E-state index is -0.640. The molecule has 26 heavy (non-hydrogen) atoms. The van der Waals surface area contributed by atoms with Gasteiger partial charge < -0.3 is 10.6 Å². The number of urea groups is 1. The molecule has 2 N–H and O–H groups in total. The van der Waals surface area contributed by atoms with Crippen molar-refractivity contribution in [2.75, 3.05) is 18.1 Å². The number of thioether (sulfide) groups is 1. The maximum atomic E-state index is 12.5. The van der Waals surface area contributed by atoms with E-state index in [-0.39, 0.29) is 12.5 Å². The molecule has 4 amide bonds. The molecule has 6 nitrogen and oxygen atoms in total. The summed E-state index contributed by atoms with van der Waals surface area (Å²) in [6, 6.07) is 15.6. The zero-order chi connectivity index (χ0) is 18.5. The summed E-state index contributed by atoms with van der Waals surface area (Å²) < 4.78 is 0. The van der Waals surface area contributed by atoms with Gasteiger partial charge in [0.1, 0.15) is 12.6 Å². The summed E-state index contributed by atoms with van der Waals surface area (Å²) in [5.74, 6) is -0.794. The van der Waals surface area contributed by atoms with Crippen molar-refractivity contribution < 1.29 is 14.4 Å². The number of nitrogens with one attached hydrogen (secondary N) is 2. The molecule has 1 aliphatic rings. The number of imide groups is 1. The molecule has 134 valence electrons. The predicted octanol–water partition coefficient (Wildman–Crippen LogP) is 2.51. The molecule has 3 rings (SSSR count). The first kappa shape index (κ1) is 18.0. The Morgan fingerprint density at radius 2 is 1.81 bits per heavy atom. The number of amides is 4. The summed E-state index contributed by atoms with van der Waals surface area (Å²) in [5.41, 5.74) is 1.58. The van der Waals surface area contributed by atoms with Gasteiger partial charge in [0, 0.05) is 17.0 Å². The summed E-state index contributed by atoms with van der Waals surface area (Å²) in [5, 5.41) is 5.34. The van der Waals surface area contributed by atoms with Crippen LogP contribution >= 0.6 is 11.8 Å². The maximum absolute atomic E-state index is 12.5. The van der Waals surface area contributed by atoms with Crippen molar-refractivity contribution in [1.29, 1.82) is 0 Å². The molecule has 0 aromatic heterocycles. The average molecular weight is 369 g/mol. The quantitative estimate of drug-likeness (QED) is 0.606. The van der Waals surface area contributed by atoms with Gasteiger partial charge in [-0.3, -0.25) is 14.5 Å². The highest BCUT2D eigenvalue weighted by molar-refractivity contribution is 7.98. The lowest BCUT2D eigenvalue weighted by Gasteiger charge is -2.13. The number of hydrogen-bond donors (Lipinski definition) is 2. The van der Waals surface area contributed by atoms with E-state index in [9.17, 15) is 14.4 Å². The number of anilines is 1. The van der Waals surface area contributed by atoms with Crippen LogP contribution in [0, 0.1) is 0 Å². The van der Waals surface area contributed by atoms with Gasteiger partial charge in [0.15, 0.2) is 0 Å². The van der Waals surface area contributed by atoms with Crippen molar-refractivity contribution in [2.45, 2.75) is 17.4 Å². The van der Waals surface area contributed by atoms with E-state index in [1.807, 2.05) is 48.7 Å². The smallest absolute Gasteiger partial charge is 0.325 e. The van der Waals surface area contributed by atoms with Crippen molar-refractivity contribution in [3.63, 3.8) is 0 Å². The normalized spacial score (nSPS) is 16.5. The highest BCUT2D eigenvalue weighted by Gasteiger charge is 2.38. The van der Waals surface area contributed by atoms with Crippen molar-refractivity contribution in [1.82, 2.24) is 10.2 Å². The largest absolute Gasteiger partial charge is 0.325 e. The zero-order valence-corrected chi connectivity index (χ0v) is 15.1. The number of carbonyl (C=O) groups excluding carboxylic acids is 3. The van der Waals surface area contributed by atoms with Gasteiger partial charge in [0.25, 0.3) is 5.91 Å². The van der Waals surface area contributed by atoms with Crippen LogP contribution in [-0.4, -0.2) is 41.6 Å². The topological polar surface area (TPSA) is 78.5 Å². The molecule has 0 spiro atoms. The number of nitrogens with zero attached hydrogens (tertiary/aromatic N) is 1. The van der Waals surface area contributed by atoms with Gasteiger partial charge in [-0.1, -0.05) is 30.3 Å². The van der Waals surface area contributed by atoms with Gasteiger partial charge >= 0.3 is 6.03 Å². The Hall–Kier alpha value is -2.80. The van der Waals surface area contributed by atoms with Gasteiger partial charge in [0.2, 0.25) is 5.91 Å². The third-order valence-electron chi connectivity index (χ3n) is 4.07. The molecule has 1 aliphatic heterocycles. The van der Waals surface area contributed by atoms with E-state index in [4.69, 9.17) is 0 Å². The Morgan fingerprint density at radius 3 is 2.46 bits per heavy atom. The van der Waals surface area contributed by atoms with Gasteiger partial charge in [0.05, 0.1) is 0 Å². The first-order valence-corrected chi connectivity index (χ1v) is 9.39. The lowest BCUT2D eigenvalue weighted by atomic mass is 10.1. The fraction of sp³-hybridized carbons (Fsp3) is 0.211. The number of carbonyl (C=O) groups is 3. The second-order valence-corrected chi connectivity index (χ2v) is 6.77. The molecule has 1 unspecified atom stereocenters. The first-order chi connectivity index (χ1) is 12.6. The lowest BCUT2D eigenvalue weighted by Crippen LogP contribution is -2.38. The fourth-order valence-corrected chi connectivity index (χ4v) is 3.14. The molecule has 0 radical (unpaired) electrons. The van der Waals surface area contributed by atoms with Crippen LogP contribution in [0.1, 0.15) is 5.56 Å². The third-order valence-corrected chi connectivity index (χ3v) is 4.81. The summed E-state index contributed by atoms with van der Waals surface area (Å²) in [6.45, 7) is -0.305. The van der Waals surface area contributed by atoms with Crippen LogP contribution in [0.4, 0.5) is 10.5 Å². The van der Waals surface area contributed by atoms with E-state index in [1.54, 1.807) is 23.9 Å². The fourth-order valence-electron chi connectivity index (χ4n) is 2.73. The SMILES string of the molecule is CSc1ccc(NC(=O)CN2C(=O)NC(Cc3ccccc3)C2=O)cc1. The number of benzene rings is 2. The van der Waals surface area contributed by atoms with E-state index in [2.05, 4.69) is 10.6 Å². The van der Waals surface area contributed by atoms with Crippen LogP contribution in [0.2, 0.25) is 0 Å². The molecule has 1 atom stereocenters.